The topological polar surface area (TPSA) is 21.3 Å². The summed E-state index contributed by atoms with van der Waals surface area (Å²) in [6, 6.07) is 14.9. The highest BCUT2D eigenvalue weighted by Gasteiger charge is 2.17. The third-order valence-electron chi connectivity index (χ3n) is 4.42. The van der Waals surface area contributed by atoms with Gasteiger partial charge in [-0.05, 0) is 57.2 Å². The summed E-state index contributed by atoms with van der Waals surface area (Å²) in [7, 11) is 0. The minimum absolute atomic E-state index is 0.405. The number of aryl methyl sites for hydroxylation is 2. The molecule has 2 heteroatoms. The summed E-state index contributed by atoms with van der Waals surface area (Å²) in [5.74, 6) is 1.03. The van der Waals surface area contributed by atoms with Gasteiger partial charge in [0.2, 0.25) is 0 Å². The Morgan fingerprint density at radius 2 is 1.82 bits per heavy atom. The van der Waals surface area contributed by atoms with Crippen molar-refractivity contribution in [2.75, 3.05) is 5.32 Å². The zero-order valence-electron chi connectivity index (χ0n) is 13.6. The first-order valence-corrected chi connectivity index (χ1v) is 8.28. The van der Waals surface area contributed by atoms with Gasteiger partial charge in [-0.25, -0.2) is 0 Å². The quantitative estimate of drug-likeness (QED) is 0.814. The van der Waals surface area contributed by atoms with Gasteiger partial charge in [0.05, 0.1) is 6.10 Å². The molecule has 0 unspecified atom stereocenters. The second kappa shape index (κ2) is 6.87. The molecule has 1 N–H and O–H groups in total. The Labute approximate surface area is 133 Å². The molecule has 0 radical (unpaired) electrons. The average molecular weight is 295 g/mol. The normalized spacial score (nSPS) is 15.0. The predicted molar refractivity (Wildman–Crippen MR) is 92.6 cm³/mol. The first-order valence-electron chi connectivity index (χ1n) is 8.28. The van der Waals surface area contributed by atoms with E-state index in [-0.39, 0.29) is 0 Å². The average Bonchev–Trinajstić information content (AvgIpc) is 3.01. The Hall–Kier alpha value is -1.96. The number of nitrogens with one attached hydrogen (secondary N) is 1. The summed E-state index contributed by atoms with van der Waals surface area (Å²) in [4.78, 5) is 0. The zero-order chi connectivity index (χ0) is 15.4. The molecule has 0 aromatic heterocycles. The summed E-state index contributed by atoms with van der Waals surface area (Å²) in [5, 5.41) is 3.54. The lowest BCUT2D eigenvalue weighted by Gasteiger charge is -2.17. The van der Waals surface area contributed by atoms with Crippen LogP contribution in [-0.4, -0.2) is 6.10 Å². The van der Waals surface area contributed by atoms with Crippen molar-refractivity contribution in [3.05, 3.63) is 59.2 Å². The van der Waals surface area contributed by atoms with Crippen LogP contribution in [0.2, 0.25) is 0 Å². The van der Waals surface area contributed by atoms with Gasteiger partial charge in [-0.1, -0.05) is 35.9 Å². The maximum Gasteiger partial charge on any atom is 0.124 e. The summed E-state index contributed by atoms with van der Waals surface area (Å²) in [6.45, 7) is 5.07. The number of anilines is 1. The molecule has 0 aliphatic heterocycles. The van der Waals surface area contributed by atoms with Crippen molar-refractivity contribution < 1.29 is 4.74 Å². The molecule has 3 rings (SSSR count). The van der Waals surface area contributed by atoms with Crippen LogP contribution in [0, 0.1) is 13.8 Å². The van der Waals surface area contributed by atoms with Crippen LogP contribution in [-0.2, 0) is 6.54 Å². The zero-order valence-corrected chi connectivity index (χ0v) is 13.6. The van der Waals surface area contributed by atoms with Crippen molar-refractivity contribution in [3.63, 3.8) is 0 Å². The van der Waals surface area contributed by atoms with E-state index in [1.54, 1.807) is 0 Å². The van der Waals surface area contributed by atoms with Crippen LogP contribution in [0.25, 0.3) is 0 Å². The van der Waals surface area contributed by atoms with Gasteiger partial charge in [0.25, 0.3) is 0 Å². The number of rotatable bonds is 5. The highest BCUT2D eigenvalue weighted by Crippen LogP contribution is 2.27. The smallest absolute Gasteiger partial charge is 0.124 e. The second-order valence-electron chi connectivity index (χ2n) is 6.30. The Bertz CT molecular complexity index is 629. The van der Waals surface area contributed by atoms with E-state index in [1.165, 1.54) is 48.1 Å². The first kappa shape index (κ1) is 15.0. The van der Waals surface area contributed by atoms with Crippen LogP contribution in [0.5, 0.6) is 5.75 Å². The van der Waals surface area contributed by atoms with Crippen LogP contribution in [0.15, 0.2) is 42.5 Å². The van der Waals surface area contributed by atoms with Crippen LogP contribution in [0.1, 0.15) is 42.4 Å². The maximum absolute atomic E-state index is 6.20. The summed E-state index contributed by atoms with van der Waals surface area (Å²) in [5.41, 5.74) is 5.01. The first-order chi connectivity index (χ1) is 10.7. The molecule has 0 atom stereocenters. The van der Waals surface area contributed by atoms with Crippen molar-refractivity contribution in [3.8, 4) is 5.75 Å². The fourth-order valence-corrected chi connectivity index (χ4v) is 3.15. The van der Waals surface area contributed by atoms with Gasteiger partial charge in [-0.2, -0.15) is 0 Å². The Morgan fingerprint density at radius 1 is 1.05 bits per heavy atom. The van der Waals surface area contributed by atoms with Gasteiger partial charge in [0.15, 0.2) is 0 Å². The number of para-hydroxylation sites is 1. The Morgan fingerprint density at radius 3 is 2.59 bits per heavy atom. The lowest BCUT2D eigenvalue weighted by molar-refractivity contribution is 0.208. The maximum atomic E-state index is 6.20. The van der Waals surface area contributed by atoms with E-state index in [1.807, 2.05) is 0 Å². The molecule has 2 aromatic rings. The third-order valence-corrected chi connectivity index (χ3v) is 4.42. The Kier molecular flexibility index (Phi) is 4.67. The summed E-state index contributed by atoms with van der Waals surface area (Å²) >= 11 is 0. The number of ether oxygens (including phenoxy) is 1. The van der Waals surface area contributed by atoms with E-state index in [9.17, 15) is 0 Å². The number of benzene rings is 2. The van der Waals surface area contributed by atoms with Crippen molar-refractivity contribution in [1.29, 1.82) is 0 Å². The molecule has 0 saturated heterocycles. The van der Waals surface area contributed by atoms with Crippen molar-refractivity contribution in [1.82, 2.24) is 0 Å². The molecular weight excluding hydrogens is 270 g/mol. The van der Waals surface area contributed by atoms with Gasteiger partial charge >= 0.3 is 0 Å². The fraction of sp³-hybridized carbons (Fsp3) is 0.400. The summed E-state index contributed by atoms with van der Waals surface area (Å²) in [6.07, 6.45) is 5.39. The van der Waals surface area contributed by atoms with Crippen LogP contribution in [0.3, 0.4) is 0 Å². The lowest BCUT2D eigenvalue weighted by Crippen LogP contribution is -2.13. The molecule has 1 aliphatic carbocycles. The predicted octanol–water partition coefficient (Wildman–Crippen LogP) is 5.24. The monoisotopic (exact) mass is 295 g/mol. The van der Waals surface area contributed by atoms with Gasteiger partial charge < -0.3 is 10.1 Å². The molecule has 0 heterocycles. The van der Waals surface area contributed by atoms with E-state index in [2.05, 4.69) is 61.6 Å². The second-order valence-corrected chi connectivity index (χ2v) is 6.30. The molecule has 0 bridgehead atoms. The number of hydrogen-bond acceptors (Lipinski definition) is 2. The minimum Gasteiger partial charge on any atom is -0.490 e. The van der Waals surface area contributed by atoms with E-state index < -0.39 is 0 Å². The van der Waals surface area contributed by atoms with E-state index >= 15 is 0 Å². The summed E-state index contributed by atoms with van der Waals surface area (Å²) < 4.78 is 6.20. The third kappa shape index (κ3) is 3.62. The molecule has 1 fully saturated rings. The van der Waals surface area contributed by atoms with Crippen molar-refractivity contribution in [2.45, 2.75) is 52.2 Å². The van der Waals surface area contributed by atoms with E-state index in [0.29, 0.717) is 6.10 Å². The lowest BCUT2D eigenvalue weighted by atomic mass is 10.1. The van der Waals surface area contributed by atoms with Crippen LogP contribution < -0.4 is 10.1 Å². The standard InChI is InChI=1S/C20H25NO/c1-15-11-12-19(16(2)13-15)21-14-17-7-3-6-10-20(17)22-18-8-4-5-9-18/h3,6-7,10-13,18,21H,4-5,8-9,14H2,1-2H3. The molecule has 0 spiro atoms. The van der Waals surface area contributed by atoms with Crippen molar-refractivity contribution >= 4 is 5.69 Å². The molecule has 2 nitrogen and oxygen atoms in total. The van der Waals surface area contributed by atoms with E-state index in [4.69, 9.17) is 4.74 Å². The van der Waals surface area contributed by atoms with Crippen molar-refractivity contribution in [2.24, 2.45) is 0 Å². The molecule has 1 saturated carbocycles. The van der Waals surface area contributed by atoms with Crippen LogP contribution in [0.4, 0.5) is 5.69 Å². The number of hydrogen-bond donors (Lipinski definition) is 1. The minimum atomic E-state index is 0.405. The SMILES string of the molecule is Cc1ccc(NCc2ccccc2OC2CCCC2)c(C)c1. The molecular formula is C20H25NO. The van der Waals surface area contributed by atoms with Gasteiger partial charge in [0, 0.05) is 17.8 Å². The Balaban J connectivity index is 1.69. The largest absolute Gasteiger partial charge is 0.490 e. The van der Waals surface area contributed by atoms with Gasteiger partial charge in [-0.15, -0.1) is 0 Å². The molecule has 2 aromatic carbocycles. The molecule has 1 aliphatic rings. The van der Waals surface area contributed by atoms with E-state index in [0.717, 1.165) is 12.3 Å². The highest BCUT2D eigenvalue weighted by molar-refractivity contribution is 5.52. The fourth-order valence-electron chi connectivity index (χ4n) is 3.15. The highest BCUT2D eigenvalue weighted by atomic mass is 16.5. The molecule has 116 valence electrons. The van der Waals surface area contributed by atoms with Gasteiger partial charge in [0.1, 0.15) is 5.75 Å². The molecule has 0 amide bonds. The molecule has 22 heavy (non-hydrogen) atoms. The van der Waals surface area contributed by atoms with Crippen LogP contribution >= 0.6 is 0 Å². The van der Waals surface area contributed by atoms with Gasteiger partial charge in [-0.3, -0.25) is 0 Å².